The molecule has 122 valence electrons. The number of aromatic nitrogens is 2. The van der Waals surface area contributed by atoms with E-state index in [1.54, 1.807) is 0 Å². The normalized spacial score (nSPS) is 16.1. The van der Waals surface area contributed by atoms with Gasteiger partial charge in [0, 0.05) is 36.8 Å². The van der Waals surface area contributed by atoms with Gasteiger partial charge in [0.25, 0.3) is 0 Å². The molecular weight excluding hydrogens is 288 g/mol. The molecule has 3 rings (SSSR count). The summed E-state index contributed by atoms with van der Waals surface area (Å²) in [6.07, 6.45) is 0. The Morgan fingerprint density at radius 1 is 1.26 bits per heavy atom. The maximum atomic E-state index is 8.96. The quantitative estimate of drug-likeness (QED) is 0.908. The summed E-state index contributed by atoms with van der Waals surface area (Å²) in [7, 11) is 0. The number of nitrogens with zero attached hydrogens (tertiary/aromatic N) is 3. The minimum Gasteiger partial charge on any atom is -0.395 e. The van der Waals surface area contributed by atoms with Gasteiger partial charge < -0.3 is 15.3 Å². The summed E-state index contributed by atoms with van der Waals surface area (Å²) in [5.41, 5.74) is 3.77. The second kappa shape index (κ2) is 6.16. The SMILES string of the molecule is Cc1cc(N2Cc3ccccc3C(C)(C)C2)nc(NCCO)n1. The molecule has 1 aromatic carbocycles. The van der Waals surface area contributed by atoms with Crippen LogP contribution in [0.5, 0.6) is 0 Å². The van der Waals surface area contributed by atoms with Crippen molar-refractivity contribution in [1.29, 1.82) is 0 Å². The van der Waals surface area contributed by atoms with E-state index in [0.717, 1.165) is 24.6 Å². The third kappa shape index (κ3) is 3.29. The number of fused-ring (bicyclic) bond motifs is 1. The van der Waals surface area contributed by atoms with Crippen molar-refractivity contribution in [1.82, 2.24) is 9.97 Å². The summed E-state index contributed by atoms with van der Waals surface area (Å²) in [5, 5.41) is 12.0. The van der Waals surface area contributed by atoms with E-state index in [9.17, 15) is 0 Å². The first-order chi connectivity index (χ1) is 11.0. The summed E-state index contributed by atoms with van der Waals surface area (Å²) >= 11 is 0. The molecule has 1 aliphatic rings. The minimum absolute atomic E-state index is 0.0662. The molecule has 0 saturated carbocycles. The van der Waals surface area contributed by atoms with Gasteiger partial charge in [-0.05, 0) is 18.1 Å². The monoisotopic (exact) mass is 312 g/mol. The Morgan fingerprint density at radius 2 is 2.04 bits per heavy atom. The van der Waals surface area contributed by atoms with E-state index in [0.29, 0.717) is 12.5 Å². The van der Waals surface area contributed by atoms with Gasteiger partial charge in [-0.25, -0.2) is 4.98 Å². The molecule has 23 heavy (non-hydrogen) atoms. The maximum Gasteiger partial charge on any atom is 0.224 e. The number of rotatable bonds is 4. The highest BCUT2D eigenvalue weighted by Crippen LogP contribution is 2.35. The van der Waals surface area contributed by atoms with Crippen LogP contribution in [0.4, 0.5) is 11.8 Å². The van der Waals surface area contributed by atoms with Crippen LogP contribution in [-0.4, -0.2) is 34.8 Å². The number of anilines is 2. The fourth-order valence-electron chi connectivity index (χ4n) is 3.26. The van der Waals surface area contributed by atoms with Crippen LogP contribution in [0, 0.1) is 6.92 Å². The van der Waals surface area contributed by atoms with E-state index in [4.69, 9.17) is 5.11 Å². The van der Waals surface area contributed by atoms with E-state index in [1.165, 1.54) is 11.1 Å². The van der Waals surface area contributed by atoms with Gasteiger partial charge in [-0.15, -0.1) is 0 Å². The summed E-state index contributed by atoms with van der Waals surface area (Å²) < 4.78 is 0. The van der Waals surface area contributed by atoms with E-state index in [-0.39, 0.29) is 12.0 Å². The number of nitrogens with one attached hydrogen (secondary N) is 1. The van der Waals surface area contributed by atoms with Crippen LogP contribution >= 0.6 is 0 Å². The number of aliphatic hydroxyl groups excluding tert-OH is 1. The Morgan fingerprint density at radius 3 is 2.83 bits per heavy atom. The van der Waals surface area contributed by atoms with Crippen LogP contribution in [0.2, 0.25) is 0 Å². The molecule has 1 aliphatic heterocycles. The molecule has 0 radical (unpaired) electrons. The van der Waals surface area contributed by atoms with Crippen molar-refractivity contribution in [3.05, 3.63) is 47.2 Å². The van der Waals surface area contributed by atoms with Crippen LogP contribution in [0.25, 0.3) is 0 Å². The lowest BCUT2D eigenvalue weighted by Gasteiger charge is -2.40. The number of hydrogen-bond donors (Lipinski definition) is 2. The lowest BCUT2D eigenvalue weighted by molar-refractivity contribution is 0.311. The lowest BCUT2D eigenvalue weighted by Crippen LogP contribution is -2.42. The summed E-state index contributed by atoms with van der Waals surface area (Å²) in [4.78, 5) is 11.3. The van der Waals surface area contributed by atoms with Gasteiger partial charge in [-0.1, -0.05) is 38.1 Å². The number of benzene rings is 1. The molecule has 0 saturated heterocycles. The lowest BCUT2D eigenvalue weighted by atomic mass is 9.78. The van der Waals surface area contributed by atoms with Crippen molar-refractivity contribution in [2.45, 2.75) is 32.7 Å². The van der Waals surface area contributed by atoms with E-state index in [1.807, 2.05) is 13.0 Å². The van der Waals surface area contributed by atoms with E-state index < -0.39 is 0 Å². The highest BCUT2D eigenvalue weighted by Gasteiger charge is 2.32. The third-order valence-electron chi connectivity index (χ3n) is 4.25. The summed E-state index contributed by atoms with van der Waals surface area (Å²) in [5.74, 6) is 1.51. The molecule has 0 spiro atoms. The van der Waals surface area contributed by atoms with Crippen molar-refractivity contribution in [2.75, 3.05) is 29.9 Å². The summed E-state index contributed by atoms with van der Waals surface area (Å²) in [6.45, 7) is 8.82. The molecule has 0 fully saturated rings. The maximum absolute atomic E-state index is 8.96. The largest absolute Gasteiger partial charge is 0.395 e. The molecule has 5 nitrogen and oxygen atoms in total. The van der Waals surface area contributed by atoms with Crippen LogP contribution < -0.4 is 10.2 Å². The average Bonchev–Trinajstić information content (AvgIpc) is 2.52. The Balaban J connectivity index is 1.93. The second-order valence-electron chi connectivity index (χ2n) is 6.74. The Hall–Kier alpha value is -2.14. The van der Waals surface area contributed by atoms with Crippen molar-refractivity contribution >= 4 is 11.8 Å². The predicted molar refractivity (Wildman–Crippen MR) is 92.9 cm³/mol. The van der Waals surface area contributed by atoms with Gasteiger partial charge >= 0.3 is 0 Å². The van der Waals surface area contributed by atoms with Crippen molar-refractivity contribution in [2.24, 2.45) is 0 Å². The molecule has 0 aliphatic carbocycles. The van der Waals surface area contributed by atoms with Gasteiger partial charge in [0.15, 0.2) is 0 Å². The predicted octanol–water partition coefficient (Wildman–Crippen LogP) is 2.49. The first kappa shape index (κ1) is 15.7. The molecule has 2 N–H and O–H groups in total. The Bertz CT molecular complexity index is 699. The van der Waals surface area contributed by atoms with Gasteiger partial charge in [0.05, 0.1) is 6.61 Å². The molecule has 1 aromatic heterocycles. The minimum atomic E-state index is 0.0662. The van der Waals surface area contributed by atoms with Crippen molar-refractivity contribution < 1.29 is 5.11 Å². The Labute approximate surface area is 137 Å². The first-order valence-electron chi connectivity index (χ1n) is 8.03. The molecule has 0 unspecified atom stereocenters. The molecule has 0 bridgehead atoms. The second-order valence-corrected chi connectivity index (χ2v) is 6.74. The van der Waals surface area contributed by atoms with Crippen molar-refractivity contribution in [3.8, 4) is 0 Å². The zero-order valence-electron chi connectivity index (χ0n) is 14.0. The topological polar surface area (TPSA) is 61.3 Å². The fourth-order valence-corrected chi connectivity index (χ4v) is 3.26. The smallest absolute Gasteiger partial charge is 0.224 e. The fraction of sp³-hybridized carbons (Fsp3) is 0.444. The molecule has 2 aromatic rings. The third-order valence-corrected chi connectivity index (χ3v) is 4.25. The molecule has 2 heterocycles. The molecule has 0 amide bonds. The van der Waals surface area contributed by atoms with Gasteiger partial charge in [-0.3, -0.25) is 0 Å². The van der Waals surface area contributed by atoms with Crippen LogP contribution in [0.15, 0.2) is 30.3 Å². The standard InChI is InChI=1S/C18H24N4O/c1-13-10-16(21-17(20-13)19-8-9-23)22-11-14-6-4-5-7-15(14)18(2,3)12-22/h4-7,10,23H,8-9,11-12H2,1-3H3,(H,19,20,21). The highest BCUT2D eigenvalue weighted by molar-refractivity contribution is 5.50. The molecule has 5 heteroatoms. The number of aliphatic hydroxyl groups is 1. The number of aryl methyl sites for hydroxylation is 1. The van der Waals surface area contributed by atoms with Crippen LogP contribution in [0.1, 0.15) is 30.7 Å². The molecule has 0 atom stereocenters. The van der Waals surface area contributed by atoms with Crippen LogP contribution in [0.3, 0.4) is 0 Å². The van der Waals surface area contributed by atoms with Crippen LogP contribution in [-0.2, 0) is 12.0 Å². The number of hydrogen-bond acceptors (Lipinski definition) is 5. The highest BCUT2D eigenvalue weighted by atomic mass is 16.3. The van der Waals surface area contributed by atoms with Gasteiger partial charge in [-0.2, -0.15) is 4.98 Å². The average molecular weight is 312 g/mol. The van der Waals surface area contributed by atoms with Gasteiger partial charge in [0.2, 0.25) is 5.95 Å². The summed E-state index contributed by atoms with van der Waals surface area (Å²) in [6, 6.07) is 10.7. The zero-order chi connectivity index (χ0) is 16.4. The molecular formula is C18H24N4O. The first-order valence-corrected chi connectivity index (χ1v) is 8.03. The van der Waals surface area contributed by atoms with E-state index in [2.05, 4.69) is 58.3 Å². The van der Waals surface area contributed by atoms with Crippen molar-refractivity contribution in [3.63, 3.8) is 0 Å². The van der Waals surface area contributed by atoms with E-state index >= 15 is 0 Å². The van der Waals surface area contributed by atoms with Gasteiger partial charge in [0.1, 0.15) is 5.82 Å². The Kier molecular flexibility index (Phi) is 4.22. The zero-order valence-corrected chi connectivity index (χ0v) is 14.0.